The lowest BCUT2D eigenvalue weighted by Crippen LogP contribution is -2.41. The van der Waals surface area contributed by atoms with Gasteiger partial charge in [0.2, 0.25) is 0 Å². The van der Waals surface area contributed by atoms with Crippen LogP contribution in [0.5, 0.6) is 0 Å². The van der Waals surface area contributed by atoms with Crippen molar-refractivity contribution in [2.24, 2.45) is 5.41 Å². The van der Waals surface area contributed by atoms with Crippen molar-refractivity contribution in [1.82, 2.24) is 0 Å². The number of carbonyl (C=O) groups excluding carboxylic acids is 2. The molecule has 0 N–H and O–H groups in total. The summed E-state index contributed by atoms with van der Waals surface area (Å²) in [7, 11) is 1.29. The number of rotatable bonds is 8. The second kappa shape index (κ2) is 11.3. The van der Waals surface area contributed by atoms with E-state index in [2.05, 4.69) is 31.1 Å². The van der Waals surface area contributed by atoms with E-state index in [9.17, 15) is 9.59 Å². The van der Waals surface area contributed by atoms with E-state index in [-0.39, 0.29) is 0 Å². The quantitative estimate of drug-likeness (QED) is 0.193. The summed E-state index contributed by atoms with van der Waals surface area (Å²) < 4.78 is 10.4. The van der Waals surface area contributed by atoms with Gasteiger partial charge in [0.25, 0.3) is 0 Å². The minimum Gasteiger partial charge on any atom is -0.468 e. The normalized spacial score (nSPS) is 15.7. The van der Waals surface area contributed by atoms with Crippen LogP contribution >= 0.6 is 23.5 Å². The highest BCUT2D eigenvalue weighted by molar-refractivity contribution is 8.17. The highest BCUT2D eigenvalue weighted by Gasteiger charge is 2.47. The Morgan fingerprint density at radius 1 is 1.08 bits per heavy atom. The van der Waals surface area contributed by atoms with E-state index in [0.29, 0.717) is 30.3 Å². The maximum absolute atomic E-state index is 12.6. The summed E-state index contributed by atoms with van der Waals surface area (Å²) >= 11 is 3.84. The minimum atomic E-state index is -1.40. The number of esters is 2. The van der Waals surface area contributed by atoms with Crippen LogP contribution in [0.15, 0.2) is 0 Å². The van der Waals surface area contributed by atoms with E-state index in [1.165, 1.54) is 20.6 Å². The molecule has 1 aliphatic rings. The SMILES string of the molecule is COC(=O)C(CCCC#C[Si](C)(C)C)(CCC1SCCCS1)C(=O)OC. The zero-order valence-corrected chi connectivity index (χ0v) is 19.3. The van der Waals surface area contributed by atoms with Gasteiger partial charge in [-0.05, 0) is 43.6 Å². The zero-order valence-electron chi connectivity index (χ0n) is 16.7. The molecule has 0 spiro atoms. The van der Waals surface area contributed by atoms with Crippen LogP contribution in [0.3, 0.4) is 0 Å². The lowest BCUT2D eigenvalue weighted by molar-refractivity contribution is -0.170. The number of hydrogen-bond donors (Lipinski definition) is 0. The number of thioether (sulfide) groups is 2. The largest absolute Gasteiger partial charge is 0.468 e. The molecule has 0 aromatic heterocycles. The first-order valence-electron chi connectivity index (χ1n) is 9.15. The van der Waals surface area contributed by atoms with E-state index in [0.717, 1.165) is 17.9 Å². The van der Waals surface area contributed by atoms with Gasteiger partial charge in [0.1, 0.15) is 8.07 Å². The van der Waals surface area contributed by atoms with Crippen LogP contribution in [0.25, 0.3) is 0 Å². The van der Waals surface area contributed by atoms with Crippen LogP contribution < -0.4 is 0 Å². The van der Waals surface area contributed by atoms with E-state index in [1.807, 2.05) is 23.5 Å². The fraction of sp³-hybridized carbons (Fsp3) is 0.789. The molecule has 4 nitrogen and oxygen atoms in total. The van der Waals surface area contributed by atoms with Crippen molar-refractivity contribution in [2.45, 2.75) is 62.7 Å². The van der Waals surface area contributed by atoms with Crippen molar-refractivity contribution in [3.8, 4) is 11.5 Å². The van der Waals surface area contributed by atoms with Gasteiger partial charge in [-0.1, -0.05) is 19.6 Å². The lowest BCUT2D eigenvalue weighted by atomic mass is 9.78. The molecule has 1 saturated heterocycles. The molecular weight excluding hydrogens is 384 g/mol. The van der Waals surface area contributed by atoms with Gasteiger partial charge in [-0.3, -0.25) is 9.59 Å². The molecule has 1 aliphatic heterocycles. The Hall–Kier alpha value is -0.583. The number of unbranched alkanes of at least 4 members (excludes halogenated alkanes) is 1. The van der Waals surface area contributed by atoms with Crippen molar-refractivity contribution in [3.05, 3.63) is 0 Å². The standard InChI is InChI=1S/C19H32O4S2Si/c1-22-17(20)19(18(21)23-2,11-7-6-8-15-26(3,4)5)12-10-16-24-13-9-14-25-16/h16H,6-7,9-14H2,1-5H3. The number of methoxy groups -OCH3 is 2. The molecule has 0 aromatic carbocycles. The third kappa shape index (κ3) is 7.57. The second-order valence-corrected chi connectivity index (χ2v) is 15.2. The highest BCUT2D eigenvalue weighted by Crippen LogP contribution is 2.40. The number of hydrogen-bond acceptors (Lipinski definition) is 6. The minimum absolute atomic E-state index is 0.425. The first-order valence-corrected chi connectivity index (χ1v) is 14.7. The van der Waals surface area contributed by atoms with Gasteiger partial charge in [0, 0.05) is 6.42 Å². The van der Waals surface area contributed by atoms with Crippen LogP contribution in [0.1, 0.15) is 38.5 Å². The molecule has 0 aliphatic carbocycles. The van der Waals surface area contributed by atoms with E-state index < -0.39 is 25.4 Å². The Balaban J connectivity index is 2.81. The summed E-state index contributed by atoms with van der Waals surface area (Å²) in [5.41, 5.74) is 2.12. The van der Waals surface area contributed by atoms with Crippen molar-refractivity contribution in [1.29, 1.82) is 0 Å². The van der Waals surface area contributed by atoms with Crippen molar-refractivity contribution in [3.63, 3.8) is 0 Å². The molecule has 0 radical (unpaired) electrons. The first-order chi connectivity index (χ1) is 12.2. The fourth-order valence-corrected chi connectivity index (χ4v) is 6.40. The molecule has 1 heterocycles. The summed E-state index contributed by atoms with van der Waals surface area (Å²) in [6.07, 6.45) is 4.30. The molecule has 148 valence electrons. The number of ether oxygens (including phenoxy) is 2. The Labute approximate surface area is 167 Å². The molecule has 0 bridgehead atoms. The van der Waals surface area contributed by atoms with Gasteiger partial charge in [0.05, 0.1) is 18.8 Å². The Morgan fingerprint density at radius 3 is 2.15 bits per heavy atom. The third-order valence-electron chi connectivity index (χ3n) is 4.22. The van der Waals surface area contributed by atoms with E-state index in [4.69, 9.17) is 9.47 Å². The molecule has 0 aromatic rings. The van der Waals surface area contributed by atoms with Gasteiger partial charge in [0.15, 0.2) is 5.41 Å². The molecule has 26 heavy (non-hydrogen) atoms. The molecule has 1 fully saturated rings. The molecule has 0 atom stereocenters. The highest BCUT2D eigenvalue weighted by atomic mass is 32.2. The average molecular weight is 417 g/mol. The molecule has 0 saturated carbocycles. The maximum Gasteiger partial charge on any atom is 0.323 e. The van der Waals surface area contributed by atoms with Gasteiger partial charge in [-0.2, -0.15) is 0 Å². The van der Waals surface area contributed by atoms with Crippen LogP contribution in [-0.2, 0) is 19.1 Å². The van der Waals surface area contributed by atoms with Crippen molar-refractivity contribution >= 4 is 43.5 Å². The molecule has 0 amide bonds. The van der Waals surface area contributed by atoms with Crippen molar-refractivity contribution < 1.29 is 19.1 Å². The zero-order chi connectivity index (χ0) is 19.6. The number of carbonyl (C=O) groups is 2. The topological polar surface area (TPSA) is 52.6 Å². The Kier molecular flexibility index (Phi) is 10.2. The molecule has 7 heteroatoms. The monoisotopic (exact) mass is 416 g/mol. The molecule has 1 rings (SSSR count). The first kappa shape index (κ1) is 23.5. The Morgan fingerprint density at radius 2 is 1.65 bits per heavy atom. The van der Waals surface area contributed by atoms with E-state index >= 15 is 0 Å². The third-order valence-corrected chi connectivity index (χ3v) is 8.23. The summed E-state index contributed by atoms with van der Waals surface area (Å²) in [4.78, 5) is 25.1. The summed E-state index contributed by atoms with van der Waals surface area (Å²) in [6, 6.07) is 0. The fourth-order valence-electron chi connectivity index (χ4n) is 2.88. The smallest absolute Gasteiger partial charge is 0.323 e. The van der Waals surface area contributed by atoms with Crippen LogP contribution in [-0.4, -0.2) is 50.3 Å². The van der Waals surface area contributed by atoms with Gasteiger partial charge < -0.3 is 9.47 Å². The second-order valence-electron chi connectivity index (χ2n) is 7.53. The Bertz CT molecular complexity index is 512. The predicted molar refractivity (Wildman–Crippen MR) is 114 cm³/mol. The summed E-state index contributed by atoms with van der Waals surface area (Å²) in [5.74, 6) is 4.55. The maximum atomic E-state index is 12.6. The molecular formula is C19H32O4S2Si. The summed E-state index contributed by atoms with van der Waals surface area (Å²) in [5, 5.41) is 0. The van der Waals surface area contributed by atoms with Crippen LogP contribution in [0, 0.1) is 16.9 Å². The van der Waals surface area contributed by atoms with Gasteiger partial charge in [-0.15, -0.1) is 35.0 Å². The van der Waals surface area contributed by atoms with Gasteiger partial charge >= 0.3 is 11.9 Å². The lowest BCUT2D eigenvalue weighted by Gasteiger charge is -2.30. The summed E-state index contributed by atoms with van der Waals surface area (Å²) in [6.45, 7) is 6.60. The van der Waals surface area contributed by atoms with Crippen LogP contribution in [0.4, 0.5) is 0 Å². The molecule has 0 unspecified atom stereocenters. The van der Waals surface area contributed by atoms with E-state index in [1.54, 1.807) is 0 Å². The van der Waals surface area contributed by atoms with Gasteiger partial charge in [-0.25, -0.2) is 0 Å². The predicted octanol–water partition coefficient (Wildman–Crippen LogP) is 4.35. The average Bonchev–Trinajstić information content (AvgIpc) is 2.62. The van der Waals surface area contributed by atoms with Crippen LogP contribution in [0.2, 0.25) is 19.6 Å². The van der Waals surface area contributed by atoms with Crippen molar-refractivity contribution in [2.75, 3.05) is 25.7 Å².